The summed E-state index contributed by atoms with van der Waals surface area (Å²) in [4.78, 5) is 13.7. The first-order chi connectivity index (χ1) is 10.2. The Labute approximate surface area is 133 Å². The second kappa shape index (κ2) is 6.29. The Morgan fingerprint density at radius 3 is 2.36 bits per heavy atom. The molecule has 1 fully saturated rings. The van der Waals surface area contributed by atoms with Crippen LogP contribution in [0.3, 0.4) is 0 Å². The third-order valence-corrected chi connectivity index (χ3v) is 4.15. The predicted octanol–water partition coefficient (Wildman–Crippen LogP) is 3.39. The molecule has 1 N–H and O–H groups in total. The number of β-amino-alcohol motifs (C(OH)–C–C–N with tert-alkyl or cyclic N) is 1. The van der Waals surface area contributed by atoms with Crippen molar-refractivity contribution >= 4 is 6.09 Å². The van der Waals surface area contributed by atoms with Crippen LogP contribution in [-0.2, 0) is 4.74 Å². The fourth-order valence-corrected chi connectivity index (χ4v) is 3.17. The first-order valence-electron chi connectivity index (χ1n) is 7.91. The average Bonchev–Trinajstić information content (AvgIpc) is 2.38. The second-order valence-electron chi connectivity index (χ2n) is 7.19. The van der Waals surface area contributed by atoms with E-state index in [2.05, 4.69) is 26.0 Å². The van der Waals surface area contributed by atoms with Gasteiger partial charge in [0.2, 0.25) is 0 Å². The quantitative estimate of drug-likeness (QED) is 0.865. The lowest BCUT2D eigenvalue weighted by Crippen LogP contribution is -2.47. The maximum absolute atomic E-state index is 12.1. The molecule has 0 aromatic heterocycles. The number of benzene rings is 1. The Morgan fingerprint density at radius 2 is 1.86 bits per heavy atom. The third kappa shape index (κ3) is 3.80. The van der Waals surface area contributed by atoms with Gasteiger partial charge in [0.1, 0.15) is 5.60 Å². The van der Waals surface area contributed by atoms with E-state index in [0.717, 1.165) is 6.42 Å². The topological polar surface area (TPSA) is 49.8 Å². The van der Waals surface area contributed by atoms with Crippen LogP contribution in [0.4, 0.5) is 4.79 Å². The molecule has 0 saturated carbocycles. The number of carbonyl (C=O) groups is 1. The van der Waals surface area contributed by atoms with E-state index in [-0.39, 0.29) is 12.0 Å². The van der Waals surface area contributed by atoms with Crippen molar-refractivity contribution in [1.29, 1.82) is 0 Å². The van der Waals surface area contributed by atoms with Crippen molar-refractivity contribution in [2.45, 2.75) is 58.7 Å². The zero-order valence-electron chi connectivity index (χ0n) is 14.2. The molecule has 0 bridgehead atoms. The van der Waals surface area contributed by atoms with Crippen molar-refractivity contribution in [3.63, 3.8) is 0 Å². The number of hydrogen-bond donors (Lipinski definition) is 1. The molecule has 0 unspecified atom stereocenters. The van der Waals surface area contributed by atoms with Gasteiger partial charge < -0.3 is 14.7 Å². The Morgan fingerprint density at radius 1 is 1.27 bits per heavy atom. The van der Waals surface area contributed by atoms with Crippen molar-refractivity contribution in [1.82, 2.24) is 4.90 Å². The molecule has 1 amide bonds. The maximum Gasteiger partial charge on any atom is 0.410 e. The number of rotatable bonds is 1. The standard InChI is InChI=1S/C18H27NO3/c1-12-7-6-8-13(2)16(12)14-9-10-19(11-15(14)20)17(21)22-18(3,4)5/h6-8,14-15,20H,9-11H2,1-5H3/t14-,15+/m0/s1. The number of amides is 1. The highest BCUT2D eigenvalue weighted by atomic mass is 16.6. The van der Waals surface area contributed by atoms with Gasteiger partial charge in [-0.2, -0.15) is 0 Å². The Hall–Kier alpha value is -1.55. The number of aliphatic hydroxyl groups excluding tert-OH is 1. The van der Waals surface area contributed by atoms with Crippen LogP contribution in [-0.4, -0.2) is 40.9 Å². The van der Waals surface area contributed by atoms with Crippen molar-refractivity contribution in [3.05, 3.63) is 34.9 Å². The Bertz CT molecular complexity index is 528. The van der Waals surface area contributed by atoms with Gasteiger partial charge in [-0.05, 0) is 57.7 Å². The summed E-state index contributed by atoms with van der Waals surface area (Å²) in [6, 6.07) is 6.20. The largest absolute Gasteiger partial charge is 0.444 e. The lowest BCUT2D eigenvalue weighted by molar-refractivity contribution is -0.00161. The molecule has 122 valence electrons. The van der Waals surface area contributed by atoms with Gasteiger partial charge in [0.05, 0.1) is 12.6 Å². The minimum Gasteiger partial charge on any atom is -0.444 e. The van der Waals surface area contributed by atoms with Crippen LogP contribution >= 0.6 is 0 Å². The van der Waals surface area contributed by atoms with Crippen LogP contribution < -0.4 is 0 Å². The summed E-state index contributed by atoms with van der Waals surface area (Å²) >= 11 is 0. The van der Waals surface area contributed by atoms with Crippen LogP contribution in [0.25, 0.3) is 0 Å². The van der Waals surface area contributed by atoms with Crippen molar-refractivity contribution in [2.24, 2.45) is 0 Å². The van der Waals surface area contributed by atoms with Gasteiger partial charge in [0, 0.05) is 12.5 Å². The first kappa shape index (κ1) is 16.8. The Balaban J connectivity index is 2.09. The molecule has 2 atom stereocenters. The molecule has 1 saturated heterocycles. The predicted molar refractivity (Wildman–Crippen MR) is 87.1 cm³/mol. The molecule has 0 aliphatic carbocycles. The van der Waals surface area contributed by atoms with Crippen LogP contribution in [0.1, 0.15) is 49.8 Å². The number of likely N-dealkylation sites (tertiary alicyclic amines) is 1. The van der Waals surface area contributed by atoms with Crippen molar-refractivity contribution < 1.29 is 14.6 Å². The van der Waals surface area contributed by atoms with Crippen LogP contribution in [0.5, 0.6) is 0 Å². The normalized spacial score (nSPS) is 22.5. The van der Waals surface area contributed by atoms with Crippen molar-refractivity contribution in [3.8, 4) is 0 Å². The zero-order chi connectivity index (χ0) is 16.5. The highest BCUT2D eigenvalue weighted by Gasteiger charge is 2.34. The molecule has 1 aliphatic rings. The molecule has 1 aliphatic heterocycles. The molecular formula is C18H27NO3. The van der Waals surface area contributed by atoms with E-state index in [4.69, 9.17) is 4.74 Å². The van der Waals surface area contributed by atoms with Gasteiger partial charge in [-0.1, -0.05) is 18.2 Å². The van der Waals surface area contributed by atoms with Gasteiger partial charge in [-0.3, -0.25) is 0 Å². The third-order valence-electron chi connectivity index (χ3n) is 4.15. The summed E-state index contributed by atoms with van der Waals surface area (Å²) in [5, 5.41) is 10.5. The van der Waals surface area contributed by atoms with E-state index in [9.17, 15) is 9.90 Å². The lowest BCUT2D eigenvalue weighted by Gasteiger charge is -2.37. The highest BCUT2D eigenvalue weighted by molar-refractivity contribution is 5.68. The molecule has 0 radical (unpaired) electrons. The van der Waals surface area contributed by atoms with E-state index < -0.39 is 11.7 Å². The summed E-state index contributed by atoms with van der Waals surface area (Å²) in [6.07, 6.45) is -0.140. The number of ether oxygens (including phenoxy) is 1. The minimum atomic E-state index is -0.555. The molecule has 1 heterocycles. The summed E-state index contributed by atoms with van der Waals surface area (Å²) in [7, 11) is 0. The molecule has 1 aromatic carbocycles. The second-order valence-corrected chi connectivity index (χ2v) is 7.19. The molecule has 1 aromatic rings. The molecule has 2 rings (SSSR count). The number of aliphatic hydroxyl groups is 1. The number of carbonyl (C=O) groups excluding carboxylic acids is 1. The lowest BCUT2D eigenvalue weighted by atomic mass is 9.82. The van der Waals surface area contributed by atoms with Gasteiger partial charge in [0.25, 0.3) is 0 Å². The van der Waals surface area contributed by atoms with Crippen LogP contribution in [0.2, 0.25) is 0 Å². The SMILES string of the molecule is Cc1cccc(C)c1[C@H]1CCN(C(=O)OC(C)(C)C)C[C@H]1O. The van der Waals surface area contributed by atoms with Crippen molar-refractivity contribution in [2.75, 3.05) is 13.1 Å². The summed E-state index contributed by atoms with van der Waals surface area (Å²) in [5.74, 6) is 0.0832. The monoisotopic (exact) mass is 305 g/mol. The summed E-state index contributed by atoms with van der Waals surface area (Å²) in [5.41, 5.74) is 3.12. The summed E-state index contributed by atoms with van der Waals surface area (Å²) < 4.78 is 5.39. The number of aryl methyl sites for hydroxylation is 2. The van der Waals surface area contributed by atoms with Crippen LogP contribution in [0.15, 0.2) is 18.2 Å². The maximum atomic E-state index is 12.1. The zero-order valence-corrected chi connectivity index (χ0v) is 14.2. The van der Waals surface area contributed by atoms with Gasteiger partial charge in [-0.25, -0.2) is 4.79 Å². The van der Waals surface area contributed by atoms with E-state index in [1.54, 1.807) is 4.90 Å². The molecule has 4 heteroatoms. The number of nitrogens with zero attached hydrogens (tertiary/aromatic N) is 1. The highest BCUT2D eigenvalue weighted by Crippen LogP contribution is 2.33. The fraction of sp³-hybridized carbons (Fsp3) is 0.611. The number of piperidine rings is 1. The van der Waals surface area contributed by atoms with Gasteiger partial charge in [0.15, 0.2) is 0 Å². The Kier molecular flexibility index (Phi) is 4.81. The molecule has 0 spiro atoms. The molecule has 4 nitrogen and oxygen atoms in total. The molecular weight excluding hydrogens is 278 g/mol. The average molecular weight is 305 g/mol. The smallest absolute Gasteiger partial charge is 0.410 e. The number of hydrogen-bond acceptors (Lipinski definition) is 3. The molecule has 22 heavy (non-hydrogen) atoms. The van der Waals surface area contributed by atoms with E-state index >= 15 is 0 Å². The van der Waals surface area contributed by atoms with Gasteiger partial charge in [-0.15, -0.1) is 0 Å². The van der Waals surface area contributed by atoms with Crippen LogP contribution in [0, 0.1) is 13.8 Å². The van der Waals surface area contributed by atoms with Gasteiger partial charge >= 0.3 is 6.09 Å². The van der Waals surface area contributed by atoms with E-state index in [1.807, 2.05) is 26.8 Å². The first-order valence-corrected chi connectivity index (χ1v) is 7.91. The minimum absolute atomic E-state index is 0.0832. The fourth-order valence-electron chi connectivity index (χ4n) is 3.17. The summed E-state index contributed by atoms with van der Waals surface area (Å²) in [6.45, 7) is 10.7. The van der Waals surface area contributed by atoms with E-state index in [1.165, 1.54) is 16.7 Å². The van der Waals surface area contributed by atoms with E-state index in [0.29, 0.717) is 13.1 Å².